The van der Waals surface area contributed by atoms with E-state index in [4.69, 9.17) is 0 Å². The molecule has 12 heavy (non-hydrogen) atoms. The van der Waals surface area contributed by atoms with Crippen molar-refractivity contribution in [3.63, 3.8) is 0 Å². The second-order valence-electron chi connectivity index (χ2n) is 3.23. The van der Waals surface area contributed by atoms with Crippen LogP contribution in [0.1, 0.15) is 18.5 Å². The van der Waals surface area contributed by atoms with Gasteiger partial charge in [-0.05, 0) is 30.9 Å². The summed E-state index contributed by atoms with van der Waals surface area (Å²) in [7, 11) is 0. The lowest BCUT2D eigenvalue weighted by atomic mass is 10.5. The number of aliphatic hydroxyl groups excluding tert-OH is 1. The van der Waals surface area contributed by atoms with E-state index in [0.29, 0.717) is 5.92 Å². The Bertz CT molecular complexity index is 231. The summed E-state index contributed by atoms with van der Waals surface area (Å²) in [5.41, 5.74) is 1.05. The Morgan fingerprint density at radius 3 is 3.08 bits per heavy atom. The molecule has 0 radical (unpaired) electrons. The van der Waals surface area contributed by atoms with Crippen LogP contribution in [0.15, 0.2) is 18.3 Å². The summed E-state index contributed by atoms with van der Waals surface area (Å²) in [5.74, 6) is 1.47. The van der Waals surface area contributed by atoms with Crippen LogP contribution in [0.4, 0.5) is 0 Å². The number of aromatic nitrogens is 1. The highest BCUT2D eigenvalue weighted by Crippen LogP contribution is 2.38. The molecule has 1 aromatic rings. The standard InChI is InChI=1S/C9H13NOS/c11-9(7-3-4-7)12-6-8-2-1-5-10-8/h1-2,5,7,9-11H,3-4,6H2. The van der Waals surface area contributed by atoms with Crippen LogP contribution in [0.25, 0.3) is 0 Å². The number of rotatable bonds is 4. The van der Waals surface area contributed by atoms with Crippen molar-refractivity contribution in [1.29, 1.82) is 0 Å². The molecule has 3 heteroatoms. The van der Waals surface area contributed by atoms with Crippen LogP contribution in [0.2, 0.25) is 0 Å². The summed E-state index contributed by atoms with van der Waals surface area (Å²) >= 11 is 1.63. The Morgan fingerprint density at radius 1 is 1.67 bits per heavy atom. The summed E-state index contributed by atoms with van der Waals surface area (Å²) in [6.45, 7) is 0. The predicted octanol–water partition coefficient (Wildman–Crippen LogP) is 1.98. The molecule has 0 aliphatic heterocycles. The molecular formula is C9H13NOS. The summed E-state index contributed by atoms with van der Waals surface area (Å²) in [6, 6.07) is 4.03. The predicted molar refractivity (Wildman–Crippen MR) is 50.8 cm³/mol. The van der Waals surface area contributed by atoms with Crippen molar-refractivity contribution in [3.8, 4) is 0 Å². The molecule has 1 fully saturated rings. The number of hydrogen-bond donors (Lipinski definition) is 2. The second kappa shape index (κ2) is 3.54. The number of thioether (sulfide) groups is 1. The lowest BCUT2D eigenvalue weighted by Crippen LogP contribution is -2.03. The van der Waals surface area contributed by atoms with Crippen LogP contribution in [0.5, 0.6) is 0 Å². The third-order valence-electron chi connectivity index (χ3n) is 2.10. The lowest BCUT2D eigenvalue weighted by molar-refractivity contribution is 0.240. The summed E-state index contributed by atoms with van der Waals surface area (Å²) in [4.78, 5) is 3.12. The molecule has 1 aromatic heterocycles. The Labute approximate surface area is 76.4 Å². The van der Waals surface area contributed by atoms with Crippen molar-refractivity contribution >= 4 is 11.8 Å². The van der Waals surface area contributed by atoms with E-state index in [9.17, 15) is 5.11 Å². The molecule has 0 aromatic carbocycles. The first-order chi connectivity index (χ1) is 5.86. The van der Waals surface area contributed by atoms with E-state index in [-0.39, 0.29) is 5.44 Å². The zero-order valence-electron chi connectivity index (χ0n) is 6.86. The average Bonchev–Trinajstić information content (AvgIpc) is 2.80. The van der Waals surface area contributed by atoms with Gasteiger partial charge in [0.2, 0.25) is 0 Å². The third kappa shape index (κ3) is 2.05. The maximum atomic E-state index is 9.54. The molecular weight excluding hydrogens is 170 g/mol. The second-order valence-corrected chi connectivity index (χ2v) is 4.34. The zero-order valence-corrected chi connectivity index (χ0v) is 7.68. The van der Waals surface area contributed by atoms with Crippen LogP contribution >= 0.6 is 11.8 Å². The Morgan fingerprint density at radius 2 is 2.50 bits per heavy atom. The van der Waals surface area contributed by atoms with Gasteiger partial charge in [-0.25, -0.2) is 0 Å². The Balaban J connectivity index is 1.74. The number of nitrogens with one attached hydrogen (secondary N) is 1. The van der Waals surface area contributed by atoms with Crippen LogP contribution in [-0.2, 0) is 5.75 Å². The highest BCUT2D eigenvalue weighted by molar-refractivity contribution is 7.98. The number of H-pyrrole nitrogens is 1. The van der Waals surface area contributed by atoms with Gasteiger partial charge in [0.15, 0.2) is 0 Å². The molecule has 0 saturated heterocycles. The molecule has 1 atom stereocenters. The van der Waals surface area contributed by atoms with Crippen LogP contribution in [0, 0.1) is 5.92 Å². The van der Waals surface area contributed by atoms with Crippen LogP contribution in [0.3, 0.4) is 0 Å². The lowest BCUT2D eigenvalue weighted by Gasteiger charge is -2.06. The first kappa shape index (κ1) is 8.20. The van der Waals surface area contributed by atoms with E-state index < -0.39 is 0 Å². The smallest absolute Gasteiger partial charge is 0.102 e. The van der Waals surface area contributed by atoms with Crippen molar-refractivity contribution in [3.05, 3.63) is 24.0 Å². The monoisotopic (exact) mass is 183 g/mol. The van der Waals surface area contributed by atoms with E-state index in [1.807, 2.05) is 18.3 Å². The highest BCUT2D eigenvalue weighted by Gasteiger charge is 2.29. The van der Waals surface area contributed by atoms with Crippen LogP contribution < -0.4 is 0 Å². The van der Waals surface area contributed by atoms with Crippen molar-refractivity contribution in [1.82, 2.24) is 4.98 Å². The Kier molecular flexibility index (Phi) is 2.42. The van der Waals surface area contributed by atoms with Crippen molar-refractivity contribution in [2.75, 3.05) is 0 Å². The van der Waals surface area contributed by atoms with E-state index in [2.05, 4.69) is 4.98 Å². The van der Waals surface area contributed by atoms with Gasteiger partial charge in [-0.15, -0.1) is 11.8 Å². The summed E-state index contributed by atoms with van der Waals surface area (Å²) in [6.07, 6.45) is 4.33. The first-order valence-corrected chi connectivity index (χ1v) is 5.33. The molecule has 1 heterocycles. The van der Waals surface area contributed by atoms with Gasteiger partial charge in [0.05, 0.1) is 0 Å². The van der Waals surface area contributed by atoms with Crippen molar-refractivity contribution in [2.24, 2.45) is 5.92 Å². The molecule has 2 nitrogen and oxygen atoms in total. The normalized spacial score (nSPS) is 19.4. The highest BCUT2D eigenvalue weighted by atomic mass is 32.2. The Hall–Kier alpha value is -0.410. The molecule has 1 unspecified atom stereocenters. The van der Waals surface area contributed by atoms with Crippen LogP contribution in [-0.4, -0.2) is 15.5 Å². The minimum absolute atomic E-state index is 0.145. The van der Waals surface area contributed by atoms with Gasteiger partial charge in [0, 0.05) is 17.6 Å². The number of aromatic amines is 1. The fraction of sp³-hybridized carbons (Fsp3) is 0.556. The first-order valence-electron chi connectivity index (χ1n) is 4.28. The number of aliphatic hydroxyl groups is 1. The maximum absolute atomic E-state index is 9.54. The van der Waals surface area contributed by atoms with E-state index in [1.54, 1.807) is 11.8 Å². The molecule has 66 valence electrons. The van der Waals surface area contributed by atoms with E-state index >= 15 is 0 Å². The molecule has 0 amide bonds. The maximum Gasteiger partial charge on any atom is 0.102 e. The largest absolute Gasteiger partial charge is 0.382 e. The van der Waals surface area contributed by atoms with Gasteiger partial charge < -0.3 is 10.1 Å². The van der Waals surface area contributed by atoms with Crippen molar-refractivity contribution < 1.29 is 5.11 Å². The van der Waals surface area contributed by atoms with Gasteiger partial charge >= 0.3 is 0 Å². The zero-order chi connectivity index (χ0) is 8.39. The molecule has 1 aliphatic carbocycles. The topological polar surface area (TPSA) is 36.0 Å². The minimum atomic E-state index is -0.145. The molecule has 2 rings (SSSR count). The minimum Gasteiger partial charge on any atom is -0.382 e. The fourth-order valence-corrected chi connectivity index (χ4v) is 2.22. The summed E-state index contributed by atoms with van der Waals surface area (Å²) in [5, 5.41) is 9.54. The van der Waals surface area contributed by atoms with E-state index in [0.717, 1.165) is 5.75 Å². The SMILES string of the molecule is OC(SCc1ccc[nH]1)C1CC1. The van der Waals surface area contributed by atoms with Gasteiger partial charge in [-0.2, -0.15) is 0 Å². The average molecular weight is 183 g/mol. The molecule has 0 bridgehead atoms. The van der Waals surface area contributed by atoms with E-state index in [1.165, 1.54) is 18.5 Å². The van der Waals surface area contributed by atoms with Gasteiger partial charge in [0.1, 0.15) is 5.44 Å². The molecule has 1 aliphatic rings. The molecule has 2 N–H and O–H groups in total. The number of hydrogen-bond acceptors (Lipinski definition) is 2. The fourth-order valence-electron chi connectivity index (χ4n) is 1.15. The van der Waals surface area contributed by atoms with Gasteiger partial charge in [-0.1, -0.05) is 0 Å². The quantitative estimate of drug-likeness (QED) is 0.700. The van der Waals surface area contributed by atoms with Crippen molar-refractivity contribution in [2.45, 2.75) is 24.0 Å². The molecule has 1 saturated carbocycles. The summed E-state index contributed by atoms with van der Waals surface area (Å²) < 4.78 is 0. The third-order valence-corrected chi connectivity index (χ3v) is 3.30. The molecule has 0 spiro atoms. The van der Waals surface area contributed by atoms with Gasteiger partial charge in [-0.3, -0.25) is 0 Å². The van der Waals surface area contributed by atoms with Gasteiger partial charge in [0.25, 0.3) is 0 Å².